The number of rotatable bonds is 5. The van der Waals surface area contributed by atoms with Gasteiger partial charge in [0.25, 0.3) is 0 Å². The number of aromatic nitrogens is 1. The highest BCUT2D eigenvalue weighted by Crippen LogP contribution is 2.36. The summed E-state index contributed by atoms with van der Waals surface area (Å²) >= 11 is 0. The minimum absolute atomic E-state index is 0.0786. The molecule has 0 unspecified atom stereocenters. The van der Waals surface area contributed by atoms with E-state index in [0.29, 0.717) is 31.5 Å². The SMILES string of the molecule is NC(=O)C1CCN(c2oc(-c3ccccc3)nc2S(=O)(=O)c2ccc(F)cc2)CC1. The number of piperidine rings is 1. The number of anilines is 1. The van der Waals surface area contributed by atoms with E-state index in [1.54, 1.807) is 29.2 Å². The zero-order valence-corrected chi connectivity index (χ0v) is 16.8. The fourth-order valence-electron chi connectivity index (χ4n) is 3.47. The standard InChI is InChI=1S/C21H20FN3O4S/c22-16-6-8-17(9-7-16)30(27,28)20-21(25-12-10-14(11-13-25)18(23)26)29-19(24-20)15-4-2-1-3-5-15/h1-9,14H,10-13H2,(H2,23,26). The van der Waals surface area contributed by atoms with Gasteiger partial charge in [-0.15, -0.1) is 0 Å². The van der Waals surface area contributed by atoms with Crippen LogP contribution in [0.2, 0.25) is 0 Å². The van der Waals surface area contributed by atoms with Gasteiger partial charge in [-0.25, -0.2) is 12.8 Å². The van der Waals surface area contributed by atoms with Crippen LogP contribution in [-0.2, 0) is 14.6 Å². The number of halogens is 1. The van der Waals surface area contributed by atoms with E-state index in [4.69, 9.17) is 10.2 Å². The van der Waals surface area contributed by atoms with Crippen LogP contribution < -0.4 is 10.6 Å². The molecule has 0 spiro atoms. The third kappa shape index (κ3) is 3.80. The van der Waals surface area contributed by atoms with Gasteiger partial charge in [-0.3, -0.25) is 4.79 Å². The predicted octanol–water partition coefficient (Wildman–Crippen LogP) is 3.02. The normalized spacial score (nSPS) is 15.3. The van der Waals surface area contributed by atoms with E-state index >= 15 is 0 Å². The Morgan fingerprint density at radius 1 is 1.07 bits per heavy atom. The molecule has 1 aliphatic heterocycles. The quantitative estimate of drug-likeness (QED) is 0.625. The molecule has 1 aromatic heterocycles. The molecule has 2 aromatic carbocycles. The van der Waals surface area contributed by atoms with Crippen molar-refractivity contribution in [1.82, 2.24) is 4.98 Å². The Balaban J connectivity index is 1.78. The average Bonchev–Trinajstić information content (AvgIpc) is 3.21. The number of benzene rings is 2. The molecule has 0 aliphatic carbocycles. The van der Waals surface area contributed by atoms with Crippen molar-refractivity contribution in [2.45, 2.75) is 22.8 Å². The molecule has 1 amide bonds. The van der Waals surface area contributed by atoms with Crippen LogP contribution in [0.5, 0.6) is 0 Å². The summed E-state index contributed by atoms with van der Waals surface area (Å²) in [5.41, 5.74) is 6.03. The smallest absolute Gasteiger partial charge is 0.236 e. The number of amides is 1. The van der Waals surface area contributed by atoms with Crippen molar-refractivity contribution in [1.29, 1.82) is 0 Å². The number of primary amides is 1. The van der Waals surface area contributed by atoms with Crippen molar-refractivity contribution in [2.75, 3.05) is 18.0 Å². The fourth-order valence-corrected chi connectivity index (χ4v) is 4.79. The van der Waals surface area contributed by atoms with E-state index in [1.807, 2.05) is 6.07 Å². The molecule has 156 valence electrons. The highest BCUT2D eigenvalue weighted by molar-refractivity contribution is 7.91. The number of carbonyl (C=O) groups is 1. The zero-order chi connectivity index (χ0) is 21.3. The molecule has 1 saturated heterocycles. The molecule has 9 heteroatoms. The first kappa shape index (κ1) is 20.1. The number of oxazole rings is 1. The van der Waals surface area contributed by atoms with Crippen LogP contribution in [0.4, 0.5) is 10.3 Å². The second-order valence-corrected chi connectivity index (χ2v) is 8.98. The lowest BCUT2D eigenvalue weighted by Gasteiger charge is -2.30. The van der Waals surface area contributed by atoms with Crippen LogP contribution in [-0.4, -0.2) is 32.4 Å². The van der Waals surface area contributed by atoms with Crippen LogP contribution in [0, 0.1) is 11.7 Å². The Kier molecular flexibility index (Phi) is 5.29. The van der Waals surface area contributed by atoms with Crippen molar-refractivity contribution >= 4 is 21.6 Å². The van der Waals surface area contributed by atoms with Crippen LogP contribution >= 0.6 is 0 Å². The van der Waals surface area contributed by atoms with Crippen molar-refractivity contribution < 1.29 is 22.0 Å². The minimum Gasteiger partial charge on any atom is -0.419 e. The predicted molar refractivity (Wildman–Crippen MR) is 108 cm³/mol. The molecule has 1 fully saturated rings. The third-order valence-electron chi connectivity index (χ3n) is 5.16. The van der Waals surface area contributed by atoms with Gasteiger partial charge in [0, 0.05) is 24.6 Å². The summed E-state index contributed by atoms with van der Waals surface area (Å²) in [4.78, 5) is 17.4. The van der Waals surface area contributed by atoms with Crippen molar-refractivity contribution in [3.05, 3.63) is 60.4 Å². The first-order valence-electron chi connectivity index (χ1n) is 9.47. The summed E-state index contributed by atoms with van der Waals surface area (Å²) in [6.45, 7) is 0.811. The molecule has 2 heterocycles. The molecule has 0 atom stereocenters. The topological polar surface area (TPSA) is 106 Å². The molecule has 3 aromatic rings. The molecule has 2 N–H and O–H groups in total. The number of sulfone groups is 1. The summed E-state index contributed by atoms with van der Waals surface area (Å²) < 4.78 is 45.8. The number of nitrogens with zero attached hydrogens (tertiary/aromatic N) is 2. The number of carbonyl (C=O) groups excluding carboxylic acids is 1. The Morgan fingerprint density at radius 3 is 2.30 bits per heavy atom. The molecule has 7 nitrogen and oxygen atoms in total. The number of hydrogen-bond acceptors (Lipinski definition) is 6. The maximum atomic E-state index is 13.3. The Bertz CT molecular complexity index is 1150. The second-order valence-electron chi connectivity index (χ2n) is 7.12. The van der Waals surface area contributed by atoms with Crippen LogP contribution in [0.3, 0.4) is 0 Å². The fraction of sp³-hybridized carbons (Fsp3) is 0.238. The Morgan fingerprint density at radius 2 is 1.70 bits per heavy atom. The van der Waals surface area contributed by atoms with E-state index in [9.17, 15) is 17.6 Å². The van der Waals surface area contributed by atoms with Gasteiger partial charge in [0.2, 0.25) is 32.5 Å². The minimum atomic E-state index is -4.06. The number of hydrogen-bond donors (Lipinski definition) is 1. The van der Waals surface area contributed by atoms with E-state index < -0.39 is 15.7 Å². The second kappa shape index (κ2) is 7.91. The molecule has 4 rings (SSSR count). The lowest BCUT2D eigenvalue weighted by atomic mass is 9.96. The summed E-state index contributed by atoms with van der Waals surface area (Å²) in [5.74, 6) is -0.872. The third-order valence-corrected chi connectivity index (χ3v) is 6.83. The first-order valence-corrected chi connectivity index (χ1v) is 11.0. The maximum absolute atomic E-state index is 13.3. The van der Waals surface area contributed by atoms with Crippen LogP contribution in [0.15, 0.2) is 68.9 Å². The van der Waals surface area contributed by atoms with Crippen molar-refractivity contribution in [3.63, 3.8) is 0 Å². The average molecular weight is 429 g/mol. The lowest BCUT2D eigenvalue weighted by Crippen LogP contribution is -2.38. The monoisotopic (exact) mass is 429 g/mol. The maximum Gasteiger partial charge on any atom is 0.236 e. The molecular formula is C21H20FN3O4S. The van der Waals surface area contributed by atoms with Gasteiger partial charge in [0.15, 0.2) is 0 Å². The molecule has 1 aliphatic rings. The molecule has 0 radical (unpaired) electrons. The summed E-state index contributed by atoms with van der Waals surface area (Å²) in [6.07, 6.45) is 0.986. The summed E-state index contributed by atoms with van der Waals surface area (Å²) in [7, 11) is -4.06. The highest BCUT2D eigenvalue weighted by Gasteiger charge is 2.34. The van der Waals surface area contributed by atoms with Gasteiger partial charge >= 0.3 is 0 Å². The van der Waals surface area contributed by atoms with E-state index in [1.165, 1.54) is 12.1 Å². The number of nitrogens with two attached hydrogens (primary N) is 1. The van der Waals surface area contributed by atoms with E-state index in [0.717, 1.165) is 12.1 Å². The van der Waals surface area contributed by atoms with Gasteiger partial charge in [0.05, 0.1) is 4.90 Å². The van der Waals surface area contributed by atoms with Gasteiger partial charge in [-0.1, -0.05) is 18.2 Å². The molecule has 0 saturated carbocycles. The van der Waals surface area contributed by atoms with Crippen LogP contribution in [0.25, 0.3) is 11.5 Å². The van der Waals surface area contributed by atoms with Gasteiger partial charge in [-0.05, 0) is 49.2 Å². The summed E-state index contributed by atoms with van der Waals surface area (Å²) in [6, 6.07) is 13.5. The van der Waals surface area contributed by atoms with Crippen LogP contribution in [0.1, 0.15) is 12.8 Å². The Labute approximate surface area is 173 Å². The molecule has 0 bridgehead atoms. The van der Waals surface area contributed by atoms with Crippen molar-refractivity contribution in [3.8, 4) is 11.5 Å². The molecular weight excluding hydrogens is 409 g/mol. The zero-order valence-electron chi connectivity index (χ0n) is 16.0. The highest BCUT2D eigenvalue weighted by atomic mass is 32.2. The van der Waals surface area contributed by atoms with Gasteiger partial charge in [-0.2, -0.15) is 4.98 Å². The lowest BCUT2D eigenvalue weighted by molar-refractivity contribution is -0.122. The Hall–Kier alpha value is -3.20. The largest absolute Gasteiger partial charge is 0.419 e. The van der Waals surface area contributed by atoms with Crippen molar-refractivity contribution in [2.24, 2.45) is 11.7 Å². The summed E-state index contributed by atoms with van der Waals surface area (Å²) in [5, 5.41) is -0.231. The van der Waals surface area contributed by atoms with Gasteiger partial charge in [0.1, 0.15) is 5.82 Å². The van der Waals surface area contributed by atoms with Gasteiger partial charge < -0.3 is 15.1 Å². The van der Waals surface area contributed by atoms with E-state index in [-0.39, 0.29) is 33.5 Å². The molecule has 30 heavy (non-hydrogen) atoms. The first-order chi connectivity index (χ1) is 14.4. The van der Waals surface area contributed by atoms with E-state index in [2.05, 4.69) is 4.98 Å².